The first-order valence-electron chi connectivity index (χ1n) is 8.24. The number of nitro benzene ring substituents is 1. The number of carbonyl (C=O) groups is 3. The summed E-state index contributed by atoms with van der Waals surface area (Å²) in [5.74, 6) is -1.01. The van der Waals surface area contributed by atoms with Gasteiger partial charge in [0.05, 0.1) is 9.83 Å². The van der Waals surface area contributed by atoms with Crippen LogP contribution >= 0.6 is 11.8 Å². The second-order valence-electron chi connectivity index (χ2n) is 5.88. The lowest BCUT2D eigenvalue weighted by Crippen LogP contribution is -2.39. The van der Waals surface area contributed by atoms with Crippen molar-refractivity contribution in [3.8, 4) is 0 Å². The number of rotatable bonds is 6. The Morgan fingerprint density at radius 3 is 2.43 bits per heavy atom. The van der Waals surface area contributed by atoms with Gasteiger partial charge in [-0.3, -0.25) is 29.4 Å². The summed E-state index contributed by atoms with van der Waals surface area (Å²) in [4.78, 5) is 47.8. The van der Waals surface area contributed by atoms with Gasteiger partial charge >= 0.3 is 0 Å². The van der Waals surface area contributed by atoms with E-state index in [0.717, 1.165) is 22.2 Å². The second-order valence-corrected chi connectivity index (χ2v) is 6.87. The molecule has 2 aromatic carbocycles. The zero-order valence-corrected chi connectivity index (χ0v) is 15.3. The molecule has 9 heteroatoms. The van der Waals surface area contributed by atoms with E-state index < -0.39 is 22.0 Å². The summed E-state index contributed by atoms with van der Waals surface area (Å²) in [6, 6.07) is 14.9. The van der Waals surface area contributed by atoms with Crippen LogP contribution in [0.2, 0.25) is 0 Å². The van der Waals surface area contributed by atoms with Crippen LogP contribution in [0.5, 0.6) is 0 Å². The van der Waals surface area contributed by atoms with Gasteiger partial charge in [0.15, 0.2) is 0 Å². The summed E-state index contributed by atoms with van der Waals surface area (Å²) in [5, 5.41) is 12.8. The first-order valence-corrected chi connectivity index (χ1v) is 9.06. The molecule has 3 amide bonds. The highest BCUT2D eigenvalue weighted by molar-refractivity contribution is 8.18. The van der Waals surface area contributed by atoms with E-state index in [1.54, 1.807) is 0 Å². The molecule has 3 rings (SSSR count). The zero-order valence-electron chi connectivity index (χ0n) is 14.5. The molecular formula is C19H15N3O5S. The predicted octanol–water partition coefficient (Wildman–Crippen LogP) is 2.95. The maximum atomic E-state index is 12.4. The monoisotopic (exact) mass is 397 g/mol. The Morgan fingerprint density at radius 2 is 1.79 bits per heavy atom. The fraction of sp³-hybridized carbons (Fsp3) is 0.105. The summed E-state index contributed by atoms with van der Waals surface area (Å²) in [6.07, 6.45) is 1.47. The van der Waals surface area contributed by atoms with Gasteiger partial charge in [0, 0.05) is 18.7 Å². The van der Waals surface area contributed by atoms with Crippen molar-refractivity contribution in [3.63, 3.8) is 0 Å². The quantitative estimate of drug-likeness (QED) is 0.456. The molecule has 0 atom stereocenters. The summed E-state index contributed by atoms with van der Waals surface area (Å²) >= 11 is 0.728. The number of benzene rings is 2. The van der Waals surface area contributed by atoms with Crippen LogP contribution in [0.15, 0.2) is 59.5 Å². The van der Waals surface area contributed by atoms with E-state index in [1.165, 1.54) is 30.3 Å². The average molecular weight is 397 g/mol. The standard InChI is InChI=1S/C19H15N3O5S/c23-17(20-11-14-4-2-1-3-5-14)12-21-18(24)16(28-19(21)25)10-13-6-8-15(9-7-13)22(26)27/h1-10H,11-12H2,(H,20,23)/b16-10-. The molecule has 142 valence electrons. The molecule has 0 unspecified atom stereocenters. The largest absolute Gasteiger partial charge is 0.350 e. The summed E-state index contributed by atoms with van der Waals surface area (Å²) in [6.45, 7) is -0.0658. The van der Waals surface area contributed by atoms with Gasteiger partial charge in [0.1, 0.15) is 6.54 Å². The van der Waals surface area contributed by atoms with Crippen LogP contribution in [0.25, 0.3) is 6.08 Å². The molecule has 8 nitrogen and oxygen atoms in total. The number of carbonyl (C=O) groups excluding carboxylic acids is 3. The predicted molar refractivity (Wildman–Crippen MR) is 104 cm³/mol. The molecule has 0 bridgehead atoms. The average Bonchev–Trinajstić information content (AvgIpc) is 2.95. The number of thioether (sulfide) groups is 1. The Balaban J connectivity index is 1.62. The molecule has 0 aliphatic carbocycles. The Morgan fingerprint density at radius 1 is 1.11 bits per heavy atom. The lowest BCUT2D eigenvalue weighted by Gasteiger charge is -2.12. The fourth-order valence-electron chi connectivity index (χ4n) is 2.48. The number of nitrogens with zero attached hydrogens (tertiary/aromatic N) is 2. The van der Waals surface area contributed by atoms with E-state index in [9.17, 15) is 24.5 Å². The van der Waals surface area contributed by atoms with Crippen LogP contribution in [0.4, 0.5) is 10.5 Å². The maximum absolute atomic E-state index is 12.4. The van der Waals surface area contributed by atoms with Crippen LogP contribution in [0.1, 0.15) is 11.1 Å². The highest BCUT2D eigenvalue weighted by Crippen LogP contribution is 2.32. The minimum atomic E-state index is -0.566. The third kappa shape index (κ3) is 4.63. The third-order valence-electron chi connectivity index (χ3n) is 3.91. The van der Waals surface area contributed by atoms with Gasteiger partial charge in [0.2, 0.25) is 5.91 Å². The zero-order chi connectivity index (χ0) is 20.1. The van der Waals surface area contributed by atoms with Gasteiger partial charge in [-0.2, -0.15) is 0 Å². The molecule has 2 aromatic rings. The number of hydrogen-bond donors (Lipinski definition) is 1. The van der Waals surface area contributed by atoms with Crippen LogP contribution in [-0.2, 0) is 16.1 Å². The van der Waals surface area contributed by atoms with Gasteiger partial charge in [-0.15, -0.1) is 0 Å². The van der Waals surface area contributed by atoms with E-state index in [0.29, 0.717) is 12.1 Å². The third-order valence-corrected chi connectivity index (χ3v) is 4.82. The summed E-state index contributed by atoms with van der Waals surface area (Å²) < 4.78 is 0. The van der Waals surface area contributed by atoms with Crippen molar-refractivity contribution in [1.82, 2.24) is 10.2 Å². The Labute approximate surface area is 164 Å². The second kappa shape index (κ2) is 8.49. The number of hydrogen-bond acceptors (Lipinski definition) is 6. The van der Waals surface area contributed by atoms with Crippen molar-refractivity contribution in [2.24, 2.45) is 0 Å². The SMILES string of the molecule is O=C(CN1C(=O)S/C(=C\c2ccc([N+](=O)[O-])cc2)C1=O)NCc1ccccc1. The molecule has 1 N–H and O–H groups in total. The number of nitro groups is 1. The molecule has 1 fully saturated rings. The van der Waals surface area contributed by atoms with E-state index in [-0.39, 0.29) is 17.1 Å². The lowest BCUT2D eigenvalue weighted by atomic mass is 10.2. The first kappa shape index (κ1) is 19.3. The lowest BCUT2D eigenvalue weighted by molar-refractivity contribution is -0.384. The fourth-order valence-corrected chi connectivity index (χ4v) is 3.31. The van der Waals surface area contributed by atoms with Crippen molar-refractivity contribution in [1.29, 1.82) is 0 Å². The van der Waals surface area contributed by atoms with Gasteiger partial charge < -0.3 is 5.32 Å². The normalized spacial score (nSPS) is 15.1. The van der Waals surface area contributed by atoms with E-state index >= 15 is 0 Å². The number of nitrogens with one attached hydrogen (secondary N) is 1. The van der Waals surface area contributed by atoms with Crippen molar-refractivity contribution >= 4 is 40.6 Å². The van der Waals surface area contributed by atoms with Gasteiger partial charge in [-0.05, 0) is 41.1 Å². The van der Waals surface area contributed by atoms with Crippen molar-refractivity contribution in [2.45, 2.75) is 6.54 Å². The number of amides is 3. The number of imide groups is 1. The van der Waals surface area contributed by atoms with Crippen LogP contribution < -0.4 is 5.32 Å². The van der Waals surface area contributed by atoms with Gasteiger partial charge in [-0.25, -0.2) is 0 Å². The highest BCUT2D eigenvalue weighted by atomic mass is 32.2. The van der Waals surface area contributed by atoms with Crippen molar-refractivity contribution < 1.29 is 19.3 Å². The smallest absolute Gasteiger partial charge is 0.294 e. The van der Waals surface area contributed by atoms with E-state index in [4.69, 9.17) is 0 Å². The van der Waals surface area contributed by atoms with E-state index in [2.05, 4.69) is 5.32 Å². The highest BCUT2D eigenvalue weighted by Gasteiger charge is 2.36. The van der Waals surface area contributed by atoms with Crippen molar-refractivity contribution in [3.05, 3.63) is 80.7 Å². The molecular weight excluding hydrogens is 382 g/mol. The first-order chi connectivity index (χ1) is 13.4. The topological polar surface area (TPSA) is 110 Å². The Hall–Kier alpha value is -3.46. The van der Waals surface area contributed by atoms with Crippen molar-refractivity contribution in [2.75, 3.05) is 6.54 Å². The molecule has 0 spiro atoms. The number of non-ortho nitro benzene ring substituents is 1. The molecule has 0 radical (unpaired) electrons. The molecule has 0 aromatic heterocycles. The molecule has 1 aliphatic heterocycles. The minimum Gasteiger partial charge on any atom is -0.350 e. The summed E-state index contributed by atoms with van der Waals surface area (Å²) in [5.41, 5.74) is 1.38. The van der Waals surface area contributed by atoms with E-state index in [1.807, 2.05) is 30.3 Å². The molecule has 1 saturated heterocycles. The molecule has 1 heterocycles. The van der Waals surface area contributed by atoms with Gasteiger partial charge in [-0.1, -0.05) is 30.3 Å². The molecule has 0 saturated carbocycles. The maximum Gasteiger partial charge on any atom is 0.294 e. The van der Waals surface area contributed by atoms with Crippen LogP contribution in [0, 0.1) is 10.1 Å². The Kier molecular flexibility index (Phi) is 5.85. The van der Waals surface area contributed by atoms with Crippen LogP contribution in [-0.4, -0.2) is 33.4 Å². The molecule has 28 heavy (non-hydrogen) atoms. The Bertz CT molecular complexity index is 957. The molecule has 1 aliphatic rings. The minimum absolute atomic E-state index is 0.0691. The van der Waals surface area contributed by atoms with Gasteiger partial charge in [0.25, 0.3) is 16.8 Å². The summed E-state index contributed by atoms with van der Waals surface area (Å²) in [7, 11) is 0. The van der Waals surface area contributed by atoms with Crippen LogP contribution in [0.3, 0.4) is 0 Å².